The maximum Gasteiger partial charge on any atom is 0.428 e. The van der Waals surface area contributed by atoms with Crippen molar-refractivity contribution in [1.29, 1.82) is 0 Å². The summed E-state index contributed by atoms with van der Waals surface area (Å²) in [5.41, 5.74) is 4.12. The van der Waals surface area contributed by atoms with E-state index in [9.17, 15) is 14.4 Å². The Morgan fingerprint density at radius 1 is 0.875 bits per heavy atom. The van der Waals surface area contributed by atoms with Crippen LogP contribution < -0.4 is 5.48 Å². The van der Waals surface area contributed by atoms with Crippen molar-refractivity contribution in [2.24, 2.45) is 0 Å². The highest BCUT2D eigenvalue weighted by Crippen LogP contribution is 2.10. The topological polar surface area (TPSA) is 88.2 Å². The molecule has 1 heterocycles. The van der Waals surface area contributed by atoms with Crippen LogP contribution in [0.4, 0.5) is 4.79 Å². The summed E-state index contributed by atoms with van der Waals surface area (Å²) >= 11 is 0. The molecule has 8 heteroatoms. The Morgan fingerprint density at radius 2 is 1.44 bits per heavy atom. The number of carbonyl (C=O) groups excluding carboxylic acids is 3. The number of nitrogens with one attached hydrogen (secondary N) is 1. The van der Waals surface area contributed by atoms with Gasteiger partial charge in [0.15, 0.2) is 0 Å². The van der Waals surface area contributed by atoms with E-state index in [0.717, 1.165) is 5.56 Å². The number of rotatable bonds is 7. The van der Waals surface area contributed by atoms with Crippen LogP contribution in [0.1, 0.15) is 29.8 Å². The molecule has 170 valence electrons. The molecule has 3 rings (SSSR count). The van der Waals surface area contributed by atoms with Crippen molar-refractivity contribution in [3.05, 3.63) is 71.8 Å². The summed E-state index contributed by atoms with van der Waals surface area (Å²) in [6.07, 6.45) is -0.556. The molecule has 0 radical (unpaired) electrons. The van der Waals surface area contributed by atoms with E-state index in [1.54, 1.807) is 30.9 Å². The molecule has 1 saturated heterocycles. The summed E-state index contributed by atoms with van der Waals surface area (Å²) in [6, 6.07) is 17.6. The van der Waals surface area contributed by atoms with Gasteiger partial charge in [0.2, 0.25) is 0 Å². The zero-order valence-corrected chi connectivity index (χ0v) is 18.4. The number of amides is 2. The van der Waals surface area contributed by atoms with Gasteiger partial charge in [-0.25, -0.2) is 4.79 Å². The highest BCUT2D eigenvalue weighted by Gasteiger charge is 2.28. The summed E-state index contributed by atoms with van der Waals surface area (Å²) in [7, 11) is 0. The summed E-state index contributed by atoms with van der Waals surface area (Å²) in [5.74, 6) is -0.550. The monoisotopic (exact) mass is 439 g/mol. The molecule has 2 aromatic rings. The minimum atomic E-state index is -0.829. The molecule has 0 saturated carbocycles. The Bertz CT molecular complexity index is 896. The summed E-state index contributed by atoms with van der Waals surface area (Å²) in [6.45, 7) is 5.04. The molecule has 1 aliphatic heterocycles. The van der Waals surface area contributed by atoms with Crippen LogP contribution in [0.3, 0.4) is 0 Å². The maximum absolute atomic E-state index is 12.6. The molecule has 1 aliphatic rings. The largest absolute Gasteiger partial charge is 0.462 e. The number of carbonyl (C=O) groups is 3. The first kappa shape index (κ1) is 23.3. The van der Waals surface area contributed by atoms with Crippen LogP contribution in [0, 0.1) is 0 Å². The van der Waals surface area contributed by atoms with Gasteiger partial charge in [-0.2, -0.15) is 0 Å². The van der Waals surface area contributed by atoms with Crippen LogP contribution in [-0.2, 0) is 20.8 Å². The molecule has 0 spiro atoms. The minimum absolute atomic E-state index is 0.0592. The predicted molar refractivity (Wildman–Crippen MR) is 119 cm³/mol. The molecule has 0 bridgehead atoms. The number of hydrogen-bond donors (Lipinski definition) is 1. The summed E-state index contributed by atoms with van der Waals surface area (Å²) in [4.78, 5) is 46.0. The predicted octanol–water partition coefficient (Wildman–Crippen LogP) is 2.65. The van der Waals surface area contributed by atoms with Gasteiger partial charge in [0.05, 0.1) is 6.10 Å². The third-order valence-corrected chi connectivity index (χ3v) is 5.05. The third kappa shape index (κ3) is 6.55. The SMILES string of the molecule is CC(C)OC(=O)[C@H](Cc1ccccc1)NOC(=O)N1CCN(C(=O)c2ccccc2)CC1. The van der Waals surface area contributed by atoms with E-state index in [0.29, 0.717) is 38.2 Å². The number of hydrogen-bond acceptors (Lipinski definition) is 6. The molecule has 32 heavy (non-hydrogen) atoms. The minimum Gasteiger partial charge on any atom is -0.462 e. The molecular weight excluding hydrogens is 410 g/mol. The van der Waals surface area contributed by atoms with Crippen LogP contribution >= 0.6 is 0 Å². The fourth-order valence-corrected chi connectivity index (χ4v) is 3.38. The van der Waals surface area contributed by atoms with Crippen LogP contribution in [0.15, 0.2) is 60.7 Å². The number of ether oxygens (including phenoxy) is 1. The highest BCUT2D eigenvalue weighted by molar-refractivity contribution is 5.94. The van der Waals surface area contributed by atoms with Gasteiger partial charge in [-0.1, -0.05) is 48.5 Å². The van der Waals surface area contributed by atoms with Crippen molar-refractivity contribution >= 4 is 18.0 Å². The standard InChI is InChI=1S/C24H29N3O5/c1-18(2)31-23(29)21(17-19-9-5-3-6-10-19)25-32-24(30)27-15-13-26(14-16-27)22(28)20-11-7-4-8-12-20/h3-12,18,21,25H,13-17H2,1-2H3/t21-/m0/s1. The van der Waals surface area contributed by atoms with Gasteiger partial charge in [-0.05, 0) is 31.5 Å². The summed E-state index contributed by atoms with van der Waals surface area (Å²) < 4.78 is 5.29. The van der Waals surface area contributed by atoms with Gasteiger partial charge in [0.1, 0.15) is 6.04 Å². The van der Waals surface area contributed by atoms with E-state index in [2.05, 4.69) is 5.48 Å². The normalized spacial score (nSPS) is 14.7. The number of hydroxylamine groups is 1. The first-order valence-corrected chi connectivity index (χ1v) is 10.7. The third-order valence-electron chi connectivity index (χ3n) is 5.05. The van der Waals surface area contributed by atoms with Gasteiger partial charge < -0.3 is 19.4 Å². The van der Waals surface area contributed by atoms with Crippen LogP contribution in [0.2, 0.25) is 0 Å². The van der Waals surface area contributed by atoms with Crippen LogP contribution in [-0.4, -0.2) is 66.1 Å². The molecule has 0 aliphatic carbocycles. The van der Waals surface area contributed by atoms with Gasteiger partial charge in [0.25, 0.3) is 5.91 Å². The molecule has 1 atom stereocenters. The molecule has 2 aromatic carbocycles. The zero-order chi connectivity index (χ0) is 22.9. The quantitative estimate of drug-likeness (QED) is 0.527. The molecule has 1 N–H and O–H groups in total. The van der Waals surface area contributed by atoms with E-state index >= 15 is 0 Å². The maximum atomic E-state index is 12.6. The highest BCUT2D eigenvalue weighted by atomic mass is 16.7. The van der Waals surface area contributed by atoms with Crippen molar-refractivity contribution < 1.29 is 24.0 Å². The first-order valence-electron chi connectivity index (χ1n) is 10.7. The Morgan fingerprint density at radius 3 is 2.03 bits per heavy atom. The van der Waals surface area contributed by atoms with Crippen molar-refractivity contribution in [3.8, 4) is 0 Å². The van der Waals surface area contributed by atoms with E-state index in [1.165, 1.54) is 4.90 Å². The molecule has 0 unspecified atom stereocenters. The molecule has 8 nitrogen and oxygen atoms in total. The second-order valence-electron chi connectivity index (χ2n) is 7.86. The van der Waals surface area contributed by atoms with Crippen molar-refractivity contribution in [3.63, 3.8) is 0 Å². The van der Waals surface area contributed by atoms with Crippen molar-refractivity contribution in [1.82, 2.24) is 15.3 Å². The van der Waals surface area contributed by atoms with Crippen molar-refractivity contribution in [2.45, 2.75) is 32.4 Å². The Labute approximate surface area is 188 Å². The smallest absolute Gasteiger partial charge is 0.428 e. The molecule has 2 amide bonds. The Hall–Kier alpha value is -3.39. The van der Waals surface area contributed by atoms with E-state index < -0.39 is 18.1 Å². The van der Waals surface area contributed by atoms with E-state index in [4.69, 9.17) is 9.57 Å². The average molecular weight is 440 g/mol. The van der Waals surface area contributed by atoms with E-state index in [-0.39, 0.29) is 12.0 Å². The van der Waals surface area contributed by atoms with Crippen LogP contribution in [0.5, 0.6) is 0 Å². The van der Waals surface area contributed by atoms with Crippen molar-refractivity contribution in [2.75, 3.05) is 26.2 Å². The number of esters is 1. The van der Waals surface area contributed by atoms with Gasteiger partial charge in [-0.3, -0.25) is 9.59 Å². The first-order chi connectivity index (χ1) is 15.4. The van der Waals surface area contributed by atoms with Gasteiger partial charge >= 0.3 is 12.1 Å². The fourth-order valence-electron chi connectivity index (χ4n) is 3.38. The van der Waals surface area contributed by atoms with Gasteiger partial charge in [0, 0.05) is 38.2 Å². The summed E-state index contributed by atoms with van der Waals surface area (Å²) in [5, 5.41) is 0. The lowest BCUT2D eigenvalue weighted by Crippen LogP contribution is -2.52. The number of benzene rings is 2. The van der Waals surface area contributed by atoms with Gasteiger partial charge in [-0.15, -0.1) is 5.48 Å². The van der Waals surface area contributed by atoms with Crippen LogP contribution in [0.25, 0.3) is 0 Å². The lowest BCUT2D eigenvalue weighted by molar-refractivity contribution is -0.153. The average Bonchev–Trinajstić information content (AvgIpc) is 2.82. The Kier molecular flexibility index (Phi) is 8.21. The van der Waals surface area contributed by atoms with E-state index in [1.807, 2.05) is 48.5 Å². The number of piperazine rings is 1. The second kappa shape index (κ2) is 11.3. The lowest BCUT2D eigenvalue weighted by Gasteiger charge is -2.34. The molecule has 1 fully saturated rings. The lowest BCUT2D eigenvalue weighted by atomic mass is 10.1. The number of nitrogens with zero attached hydrogens (tertiary/aromatic N) is 2. The fraction of sp³-hybridized carbons (Fsp3) is 0.375. The zero-order valence-electron chi connectivity index (χ0n) is 18.4. The Balaban J connectivity index is 1.52. The molecular formula is C24H29N3O5. The second-order valence-corrected chi connectivity index (χ2v) is 7.86. The molecule has 0 aromatic heterocycles.